The molecular formula is C15H20N4O2S. The van der Waals surface area contributed by atoms with Crippen LogP contribution in [0.4, 0.5) is 0 Å². The van der Waals surface area contributed by atoms with E-state index in [9.17, 15) is 9.59 Å². The van der Waals surface area contributed by atoms with Crippen molar-refractivity contribution >= 4 is 34.6 Å². The van der Waals surface area contributed by atoms with Crippen LogP contribution in [0.3, 0.4) is 0 Å². The molecule has 0 unspecified atom stereocenters. The minimum absolute atomic E-state index is 0.00930. The van der Waals surface area contributed by atoms with E-state index in [1.807, 2.05) is 30.6 Å². The maximum absolute atomic E-state index is 11.6. The molecule has 0 fully saturated rings. The van der Waals surface area contributed by atoms with Crippen LogP contribution in [0.1, 0.15) is 12.8 Å². The number of fused-ring (bicyclic) bond motifs is 1. The minimum Gasteiger partial charge on any atom is -0.370 e. The summed E-state index contributed by atoms with van der Waals surface area (Å²) < 4.78 is 2.09. The molecule has 22 heavy (non-hydrogen) atoms. The van der Waals surface area contributed by atoms with Crippen molar-refractivity contribution in [3.63, 3.8) is 0 Å². The molecule has 118 valence electrons. The molecule has 0 bridgehead atoms. The maximum Gasteiger partial charge on any atom is 0.229 e. The maximum atomic E-state index is 11.6. The number of thioether (sulfide) groups is 1. The summed E-state index contributed by atoms with van der Waals surface area (Å²) in [6, 6.07) is 7.98. The quantitative estimate of drug-likeness (QED) is 0.678. The Bertz CT molecular complexity index is 641. The Morgan fingerprint density at radius 3 is 2.95 bits per heavy atom. The third-order valence-corrected chi connectivity index (χ3v) is 4.11. The summed E-state index contributed by atoms with van der Waals surface area (Å²) >= 11 is 1.42. The Morgan fingerprint density at radius 2 is 2.14 bits per heavy atom. The molecular weight excluding hydrogens is 300 g/mol. The van der Waals surface area contributed by atoms with Gasteiger partial charge in [0.1, 0.15) is 0 Å². The number of nitrogens with two attached hydrogens (primary N) is 1. The average molecular weight is 320 g/mol. The van der Waals surface area contributed by atoms with Crippen LogP contribution in [0.15, 0.2) is 30.6 Å². The van der Waals surface area contributed by atoms with Gasteiger partial charge in [-0.2, -0.15) is 11.8 Å². The van der Waals surface area contributed by atoms with E-state index in [1.165, 1.54) is 11.8 Å². The Morgan fingerprint density at radius 1 is 1.32 bits per heavy atom. The van der Waals surface area contributed by atoms with Gasteiger partial charge in [-0.25, -0.2) is 4.98 Å². The van der Waals surface area contributed by atoms with Gasteiger partial charge in [0.05, 0.1) is 23.1 Å². The van der Waals surface area contributed by atoms with Crippen LogP contribution in [0, 0.1) is 0 Å². The predicted octanol–water partition coefficient (Wildman–Crippen LogP) is 1.15. The van der Waals surface area contributed by atoms with Crippen molar-refractivity contribution < 1.29 is 9.59 Å². The number of aromatic nitrogens is 2. The molecule has 3 N–H and O–H groups in total. The molecule has 0 radical (unpaired) electrons. The van der Waals surface area contributed by atoms with Crippen LogP contribution in [-0.4, -0.2) is 39.4 Å². The van der Waals surface area contributed by atoms with Gasteiger partial charge in [0.25, 0.3) is 0 Å². The number of imidazole rings is 1. The zero-order chi connectivity index (χ0) is 15.8. The molecule has 0 spiro atoms. The summed E-state index contributed by atoms with van der Waals surface area (Å²) in [5.74, 6) is 0.607. The highest BCUT2D eigenvalue weighted by Gasteiger charge is 2.03. The number of para-hydroxylation sites is 2. The average Bonchev–Trinajstić information content (AvgIpc) is 2.91. The predicted molar refractivity (Wildman–Crippen MR) is 88.5 cm³/mol. The Hall–Kier alpha value is -2.02. The van der Waals surface area contributed by atoms with Crippen LogP contribution in [-0.2, 0) is 16.1 Å². The largest absolute Gasteiger partial charge is 0.370 e. The summed E-state index contributed by atoms with van der Waals surface area (Å²) in [7, 11) is 0. The van der Waals surface area contributed by atoms with E-state index in [0.29, 0.717) is 24.5 Å². The number of primary amides is 1. The number of amides is 2. The molecule has 0 aliphatic carbocycles. The molecule has 1 aromatic heterocycles. The van der Waals surface area contributed by atoms with Crippen molar-refractivity contribution in [1.82, 2.24) is 14.9 Å². The number of aryl methyl sites for hydroxylation is 1. The van der Waals surface area contributed by atoms with E-state index in [0.717, 1.165) is 24.0 Å². The summed E-state index contributed by atoms with van der Waals surface area (Å²) in [5, 5.41) is 2.87. The topological polar surface area (TPSA) is 90.0 Å². The number of carbonyl (C=O) groups is 2. The molecule has 2 rings (SSSR count). The van der Waals surface area contributed by atoms with Gasteiger partial charge in [-0.1, -0.05) is 12.1 Å². The lowest BCUT2D eigenvalue weighted by atomic mass is 10.3. The van der Waals surface area contributed by atoms with Crippen molar-refractivity contribution in [2.45, 2.75) is 19.4 Å². The Balaban J connectivity index is 1.63. The highest BCUT2D eigenvalue weighted by molar-refractivity contribution is 7.99. The lowest BCUT2D eigenvalue weighted by Gasteiger charge is -2.06. The first kappa shape index (κ1) is 16.4. The van der Waals surface area contributed by atoms with E-state index in [4.69, 9.17) is 5.73 Å². The van der Waals surface area contributed by atoms with Gasteiger partial charge in [-0.05, 0) is 18.6 Å². The Labute approximate surface area is 133 Å². The van der Waals surface area contributed by atoms with Gasteiger partial charge in [0, 0.05) is 25.3 Å². The molecule has 0 saturated heterocycles. The summed E-state index contributed by atoms with van der Waals surface area (Å²) in [4.78, 5) is 26.5. The molecule has 6 nitrogen and oxygen atoms in total. The SMILES string of the molecule is NC(=O)CCSCC(=O)NCCCn1cnc2ccccc21. The third kappa shape index (κ3) is 5.07. The molecule has 0 saturated carbocycles. The fourth-order valence-corrected chi connectivity index (χ4v) is 2.83. The number of benzene rings is 1. The first-order valence-electron chi connectivity index (χ1n) is 7.19. The summed E-state index contributed by atoms with van der Waals surface area (Å²) in [6.45, 7) is 1.44. The third-order valence-electron chi connectivity index (χ3n) is 3.15. The fraction of sp³-hybridized carbons (Fsp3) is 0.400. The first-order valence-corrected chi connectivity index (χ1v) is 8.35. The smallest absolute Gasteiger partial charge is 0.229 e. The Kier molecular flexibility index (Phi) is 6.27. The number of rotatable bonds is 9. The number of nitrogens with zero attached hydrogens (tertiary/aromatic N) is 2. The van der Waals surface area contributed by atoms with Gasteiger partial charge in [0.2, 0.25) is 11.8 Å². The van der Waals surface area contributed by atoms with Crippen molar-refractivity contribution in [1.29, 1.82) is 0 Å². The fourth-order valence-electron chi connectivity index (χ4n) is 2.05. The highest BCUT2D eigenvalue weighted by Crippen LogP contribution is 2.11. The van der Waals surface area contributed by atoms with Gasteiger partial charge in [-0.3, -0.25) is 9.59 Å². The molecule has 2 aromatic rings. The summed E-state index contributed by atoms with van der Waals surface area (Å²) in [6.07, 6.45) is 2.98. The van der Waals surface area contributed by atoms with Crippen LogP contribution in [0.2, 0.25) is 0 Å². The van der Waals surface area contributed by atoms with E-state index >= 15 is 0 Å². The normalized spacial score (nSPS) is 10.7. The molecule has 0 aliphatic heterocycles. The lowest BCUT2D eigenvalue weighted by Crippen LogP contribution is -2.27. The zero-order valence-corrected chi connectivity index (χ0v) is 13.1. The van der Waals surface area contributed by atoms with E-state index in [1.54, 1.807) is 0 Å². The van der Waals surface area contributed by atoms with Crippen LogP contribution < -0.4 is 11.1 Å². The second kappa shape index (κ2) is 8.43. The zero-order valence-electron chi connectivity index (χ0n) is 12.3. The van der Waals surface area contributed by atoms with Gasteiger partial charge in [0.15, 0.2) is 0 Å². The monoisotopic (exact) mass is 320 g/mol. The van der Waals surface area contributed by atoms with E-state index in [-0.39, 0.29) is 11.8 Å². The lowest BCUT2D eigenvalue weighted by molar-refractivity contribution is -0.119. The van der Waals surface area contributed by atoms with Crippen LogP contribution in [0.5, 0.6) is 0 Å². The standard InChI is InChI=1S/C15H20N4O2S/c16-14(20)6-9-22-10-15(21)17-7-3-8-19-11-18-12-4-1-2-5-13(12)19/h1-2,4-5,11H,3,6-10H2,(H2,16,20)(H,17,21). The van der Waals surface area contributed by atoms with Crippen molar-refractivity contribution in [3.8, 4) is 0 Å². The molecule has 7 heteroatoms. The number of hydrogen-bond donors (Lipinski definition) is 2. The van der Waals surface area contributed by atoms with Gasteiger partial charge >= 0.3 is 0 Å². The second-order valence-electron chi connectivity index (χ2n) is 4.90. The van der Waals surface area contributed by atoms with Crippen LogP contribution >= 0.6 is 11.8 Å². The number of hydrogen-bond acceptors (Lipinski definition) is 4. The highest BCUT2D eigenvalue weighted by atomic mass is 32.2. The number of carbonyl (C=O) groups excluding carboxylic acids is 2. The second-order valence-corrected chi connectivity index (χ2v) is 6.00. The van der Waals surface area contributed by atoms with E-state index in [2.05, 4.69) is 14.9 Å². The van der Waals surface area contributed by atoms with Crippen molar-refractivity contribution in [3.05, 3.63) is 30.6 Å². The van der Waals surface area contributed by atoms with Gasteiger partial charge in [-0.15, -0.1) is 0 Å². The van der Waals surface area contributed by atoms with Gasteiger partial charge < -0.3 is 15.6 Å². The molecule has 0 atom stereocenters. The molecule has 0 aliphatic rings. The molecule has 2 amide bonds. The van der Waals surface area contributed by atoms with E-state index < -0.39 is 0 Å². The molecule has 1 heterocycles. The molecule has 1 aromatic carbocycles. The number of nitrogens with one attached hydrogen (secondary N) is 1. The summed E-state index contributed by atoms with van der Waals surface area (Å²) in [5.41, 5.74) is 7.12. The first-order chi connectivity index (χ1) is 10.7. The minimum atomic E-state index is -0.333. The van der Waals surface area contributed by atoms with Crippen molar-refractivity contribution in [2.75, 3.05) is 18.1 Å². The van der Waals surface area contributed by atoms with Crippen molar-refractivity contribution in [2.24, 2.45) is 5.73 Å². The van der Waals surface area contributed by atoms with Crippen LogP contribution in [0.25, 0.3) is 11.0 Å².